The topological polar surface area (TPSA) is 89.3 Å². The molecule has 1 saturated carbocycles. The number of sulfonamides is 1. The van der Waals surface area contributed by atoms with E-state index in [-0.39, 0.29) is 5.92 Å². The average molecular weight is 260 g/mol. The van der Waals surface area contributed by atoms with Gasteiger partial charge in [0.05, 0.1) is 10.3 Å². The molecule has 0 unspecified atom stereocenters. The summed E-state index contributed by atoms with van der Waals surface area (Å²) >= 11 is 0. The average Bonchev–Trinajstić information content (AvgIpc) is 2.96. The Kier molecular flexibility index (Phi) is 3.42. The van der Waals surface area contributed by atoms with Crippen molar-refractivity contribution in [3.05, 3.63) is 12.7 Å². The van der Waals surface area contributed by atoms with Crippen molar-refractivity contribution in [2.45, 2.75) is 43.9 Å². The Hall–Kier alpha value is -0.880. The first kappa shape index (κ1) is 14.2. The number of carbonyl (C=O) groups excluding carboxylic acids is 1. The van der Waals surface area contributed by atoms with E-state index in [1.165, 1.54) is 13.0 Å². The van der Waals surface area contributed by atoms with Gasteiger partial charge in [0.15, 0.2) is 0 Å². The van der Waals surface area contributed by atoms with Crippen molar-refractivity contribution < 1.29 is 13.2 Å². The highest BCUT2D eigenvalue weighted by molar-refractivity contribution is 7.91. The Morgan fingerprint density at radius 3 is 2.41 bits per heavy atom. The lowest BCUT2D eigenvalue weighted by atomic mass is 9.88. The van der Waals surface area contributed by atoms with Crippen LogP contribution in [0.25, 0.3) is 0 Å². The van der Waals surface area contributed by atoms with Crippen LogP contribution in [0.4, 0.5) is 0 Å². The molecule has 1 rings (SSSR count). The minimum Gasteiger partial charge on any atom is -0.317 e. The Morgan fingerprint density at radius 1 is 1.59 bits per heavy atom. The third-order valence-electron chi connectivity index (χ3n) is 3.62. The van der Waals surface area contributed by atoms with E-state index < -0.39 is 26.2 Å². The van der Waals surface area contributed by atoms with Crippen LogP contribution in [-0.2, 0) is 14.8 Å². The van der Waals surface area contributed by atoms with Crippen LogP contribution in [0.5, 0.6) is 0 Å². The fraction of sp³-hybridized carbons (Fsp3) is 0.727. The second kappa shape index (κ2) is 4.10. The fourth-order valence-corrected chi connectivity index (χ4v) is 2.60. The summed E-state index contributed by atoms with van der Waals surface area (Å²) in [4.78, 5) is 11.9. The van der Waals surface area contributed by atoms with E-state index in [1.54, 1.807) is 13.8 Å². The quantitative estimate of drug-likeness (QED) is 0.705. The summed E-state index contributed by atoms with van der Waals surface area (Å²) in [5, 5.41) is 0. The molecular weight excluding hydrogens is 240 g/mol. The van der Waals surface area contributed by atoms with Crippen molar-refractivity contribution in [2.75, 3.05) is 0 Å². The summed E-state index contributed by atoms with van der Waals surface area (Å²) in [6.45, 7) is 8.40. The summed E-state index contributed by atoms with van der Waals surface area (Å²) < 4.78 is 25.0. The molecule has 17 heavy (non-hydrogen) atoms. The highest BCUT2D eigenvalue weighted by atomic mass is 32.2. The zero-order valence-electron chi connectivity index (χ0n) is 10.5. The number of amides is 1. The van der Waals surface area contributed by atoms with Gasteiger partial charge in [0.1, 0.15) is 0 Å². The predicted molar refractivity (Wildman–Crippen MR) is 66.7 cm³/mol. The number of hydrogen-bond acceptors (Lipinski definition) is 4. The molecule has 6 heteroatoms. The van der Waals surface area contributed by atoms with Gasteiger partial charge in [-0.15, -0.1) is 6.58 Å². The molecule has 0 bridgehead atoms. The van der Waals surface area contributed by atoms with Crippen LogP contribution < -0.4 is 10.5 Å². The molecular formula is C11H20N2O3S. The molecule has 0 spiro atoms. The maximum atomic E-state index is 11.9. The summed E-state index contributed by atoms with van der Waals surface area (Å²) in [5.41, 5.74) is 4.56. The molecule has 1 fully saturated rings. The summed E-state index contributed by atoms with van der Waals surface area (Å²) in [7, 11) is -3.62. The lowest BCUT2D eigenvalue weighted by molar-refractivity contribution is -0.125. The standard InChI is InChI=1S/C11H20N2O3S/c1-5-8(2)11(4,12)9(14)13-17(15,16)10(3)6-7-10/h5,8H,1,6-7,12H2,2-4H3,(H,13,14)/t8-,11+/m0/s1. The van der Waals surface area contributed by atoms with Crippen molar-refractivity contribution in [2.24, 2.45) is 11.7 Å². The van der Waals surface area contributed by atoms with Gasteiger partial charge in [0.25, 0.3) is 5.91 Å². The van der Waals surface area contributed by atoms with Crippen molar-refractivity contribution >= 4 is 15.9 Å². The molecule has 2 atom stereocenters. The van der Waals surface area contributed by atoms with E-state index in [0.29, 0.717) is 12.8 Å². The zero-order chi connectivity index (χ0) is 13.5. The molecule has 0 radical (unpaired) electrons. The van der Waals surface area contributed by atoms with Gasteiger partial charge >= 0.3 is 0 Å². The van der Waals surface area contributed by atoms with Gasteiger partial charge in [-0.2, -0.15) is 0 Å². The van der Waals surface area contributed by atoms with Crippen molar-refractivity contribution in [3.8, 4) is 0 Å². The van der Waals surface area contributed by atoms with Gasteiger partial charge in [-0.05, 0) is 26.7 Å². The summed E-state index contributed by atoms with van der Waals surface area (Å²) in [6.07, 6.45) is 2.69. The van der Waals surface area contributed by atoms with Crippen LogP contribution in [0.15, 0.2) is 12.7 Å². The first-order chi connectivity index (χ1) is 7.57. The van der Waals surface area contributed by atoms with Crippen molar-refractivity contribution in [3.63, 3.8) is 0 Å². The molecule has 1 aliphatic rings. The number of nitrogens with two attached hydrogens (primary N) is 1. The first-order valence-electron chi connectivity index (χ1n) is 5.55. The van der Waals surface area contributed by atoms with Crippen LogP contribution in [-0.4, -0.2) is 24.6 Å². The van der Waals surface area contributed by atoms with Gasteiger partial charge < -0.3 is 5.73 Å². The largest absolute Gasteiger partial charge is 0.317 e. The smallest absolute Gasteiger partial charge is 0.253 e. The maximum absolute atomic E-state index is 11.9. The van der Waals surface area contributed by atoms with Crippen molar-refractivity contribution in [1.82, 2.24) is 4.72 Å². The van der Waals surface area contributed by atoms with E-state index in [2.05, 4.69) is 11.3 Å². The molecule has 3 N–H and O–H groups in total. The third kappa shape index (κ3) is 2.52. The van der Waals surface area contributed by atoms with E-state index in [0.717, 1.165) is 0 Å². The Balaban J connectivity index is 2.83. The van der Waals surface area contributed by atoms with Crippen molar-refractivity contribution in [1.29, 1.82) is 0 Å². The number of carbonyl (C=O) groups is 1. The summed E-state index contributed by atoms with van der Waals surface area (Å²) in [5.74, 6) is -0.997. The van der Waals surface area contributed by atoms with Gasteiger partial charge in [-0.1, -0.05) is 13.0 Å². The van der Waals surface area contributed by atoms with Crippen LogP contribution in [0, 0.1) is 5.92 Å². The zero-order valence-corrected chi connectivity index (χ0v) is 11.3. The molecule has 98 valence electrons. The molecule has 0 aliphatic heterocycles. The molecule has 0 heterocycles. The first-order valence-corrected chi connectivity index (χ1v) is 7.03. The van der Waals surface area contributed by atoms with Gasteiger partial charge in [-0.25, -0.2) is 8.42 Å². The second-order valence-electron chi connectivity index (χ2n) is 5.19. The Morgan fingerprint density at radius 2 is 2.06 bits per heavy atom. The van der Waals surface area contributed by atoms with E-state index in [1.807, 2.05) is 0 Å². The van der Waals surface area contributed by atoms with Crippen LogP contribution >= 0.6 is 0 Å². The number of nitrogens with one attached hydrogen (secondary N) is 1. The lowest BCUT2D eigenvalue weighted by Crippen LogP contribution is -2.57. The monoisotopic (exact) mass is 260 g/mol. The van der Waals surface area contributed by atoms with Crippen LogP contribution in [0.2, 0.25) is 0 Å². The summed E-state index contributed by atoms with van der Waals surface area (Å²) in [6, 6.07) is 0. The van der Waals surface area contributed by atoms with Gasteiger partial charge in [0, 0.05) is 5.92 Å². The highest BCUT2D eigenvalue weighted by Gasteiger charge is 2.52. The Bertz CT molecular complexity index is 436. The second-order valence-corrected chi connectivity index (χ2v) is 7.39. The molecule has 0 aromatic heterocycles. The predicted octanol–water partition coefficient (Wildman–Crippen LogP) is 0.524. The van der Waals surface area contributed by atoms with Crippen LogP contribution in [0.1, 0.15) is 33.6 Å². The molecule has 0 saturated heterocycles. The maximum Gasteiger partial charge on any atom is 0.253 e. The molecule has 5 nitrogen and oxygen atoms in total. The minimum atomic E-state index is -3.62. The fourth-order valence-electron chi connectivity index (χ4n) is 1.25. The highest BCUT2D eigenvalue weighted by Crippen LogP contribution is 2.42. The van der Waals surface area contributed by atoms with Gasteiger partial charge in [-0.3, -0.25) is 9.52 Å². The molecule has 0 aromatic rings. The minimum absolute atomic E-state index is 0.315. The SMILES string of the molecule is C=C[C@H](C)[C@@](C)(N)C(=O)NS(=O)(=O)C1(C)CC1. The van der Waals surface area contributed by atoms with Crippen LogP contribution in [0.3, 0.4) is 0 Å². The third-order valence-corrected chi connectivity index (χ3v) is 5.78. The molecule has 1 aliphatic carbocycles. The van der Waals surface area contributed by atoms with E-state index in [9.17, 15) is 13.2 Å². The lowest BCUT2D eigenvalue weighted by Gasteiger charge is -2.28. The Labute approximate surface area is 103 Å². The number of rotatable bonds is 5. The van der Waals surface area contributed by atoms with Gasteiger partial charge in [0.2, 0.25) is 10.0 Å². The molecule has 1 amide bonds. The number of hydrogen-bond donors (Lipinski definition) is 2. The molecule has 0 aromatic carbocycles. The van der Waals surface area contributed by atoms with E-state index in [4.69, 9.17) is 5.73 Å². The normalized spacial score (nSPS) is 23.3. The van der Waals surface area contributed by atoms with E-state index >= 15 is 0 Å².